The first-order chi connectivity index (χ1) is 7.61. The van der Waals surface area contributed by atoms with Crippen molar-refractivity contribution in [1.29, 1.82) is 0 Å². The maximum absolute atomic E-state index is 9.34. The monoisotopic (exact) mass is 217 g/mol. The van der Waals surface area contributed by atoms with Crippen LogP contribution in [0.4, 0.5) is 0 Å². The first kappa shape index (κ1) is 10.7. The second kappa shape index (κ2) is 3.98. The molecule has 0 saturated carbocycles. The van der Waals surface area contributed by atoms with Crippen LogP contribution >= 0.6 is 0 Å². The summed E-state index contributed by atoms with van der Waals surface area (Å²) in [5, 5.41) is 13.7. The van der Waals surface area contributed by atoms with E-state index in [2.05, 4.69) is 5.10 Å². The fraction of sp³-hybridized carbons (Fsp3) is 0.250. The summed E-state index contributed by atoms with van der Waals surface area (Å²) < 4.78 is 1.80. The molecule has 4 heteroatoms. The van der Waals surface area contributed by atoms with E-state index in [1.54, 1.807) is 16.8 Å². The Bertz CT molecular complexity index is 517. The van der Waals surface area contributed by atoms with Crippen LogP contribution in [-0.4, -0.2) is 14.9 Å². The summed E-state index contributed by atoms with van der Waals surface area (Å²) in [5.74, 6) is 0.268. The molecule has 0 aliphatic rings. The molecule has 0 atom stereocenters. The van der Waals surface area contributed by atoms with Gasteiger partial charge in [0.25, 0.3) is 0 Å². The number of nitrogens with two attached hydrogens (primary N) is 1. The zero-order chi connectivity index (χ0) is 11.7. The van der Waals surface area contributed by atoms with E-state index >= 15 is 0 Å². The van der Waals surface area contributed by atoms with E-state index in [0.29, 0.717) is 6.54 Å². The van der Waals surface area contributed by atoms with Gasteiger partial charge in [-0.15, -0.1) is 0 Å². The molecule has 0 aliphatic carbocycles. The van der Waals surface area contributed by atoms with Crippen molar-refractivity contribution < 1.29 is 5.11 Å². The predicted molar refractivity (Wildman–Crippen MR) is 62.6 cm³/mol. The molecule has 1 heterocycles. The second-order valence-corrected chi connectivity index (χ2v) is 3.86. The molecule has 4 nitrogen and oxygen atoms in total. The van der Waals surface area contributed by atoms with E-state index < -0.39 is 0 Å². The Morgan fingerprint density at radius 1 is 1.38 bits per heavy atom. The molecule has 0 aliphatic heterocycles. The fourth-order valence-electron chi connectivity index (χ4n) is 1.72. The smallest absolute Gasteiger partial charge is 0.115 e. The molecule has 0 unspecified atom stereocenters. The third-order valence-electron chi connectivity index (χ3n) is 2.65. The Balaban J connectivity index is 2.50. The predicted octanol–water partition coefficient (Wildman–Crippen LogP) is 1.65. The van der Waals surface area contributed by atoms with Crippen molar-refractivity contribution in [3.05, 3.63) is 41.2 Å². The number of hydrogen-bond acceptors (Lipinski definition) is 3. The van der Waals surface area contributed by atoms with E-state index in [0.717, 1.165) is 22.5 Å². The van der Waals surface area contributed by atoms with E-state index in [1.807, 2.05) is 26.1 Å². The van der Waals surface area contributed by atoms with Gasteiger partial charge >= 0.3 is 0 Å². The van der Waals surface area contributed by atoms with E-state index in [1.165, 1.54) is 0 Å². The lowest BCUT2D eigenvalue weighted by atomic mass is 10.2. The normalized spacial score (nSPS) is 10.7. The van der Waals surface area contributed by atoms with Crippen molar-refractivity contribution >= 4 is 0 Å². The zero-order valence-electron chi connectivity index (χ0n) is 9.44. The summed E-state index contributed by atoms with van der Waals surface area (Å²) in [6.07, 6.45) is 1.93. The number of rotatable bonds is 2. The number of phenolic OH excluding ortho intramolecular Hbond substituents is 1. The van der Waals surface area contributed by atoms with E-state index in [4.69, 9.17) is 5.73 Å². The van der Waals surface area contributed by atoms with Crippen LogP contribution in [0.15, 0.2) is 24.4 Å². The van der Waals surface area contributed by atoms with Crippen LogP contribution in [0, 0.1) is 13.8 Å². The Kier molecular flexibility index (Phi) is 2.66. The minimum atomic E-state index is 0.268. The number of aromatic nitrogens is 2. The third-order valence-corrected chi connectivity index (χ3v) is 2.65. The molecule has 0 amide bonds. The van der Waals surface area contributed by atoms with Gasteiger partial charge in [-0.25, -0.2) is 4.68 Å². The first-order valence-corrected chi connectivity index (χ1v) is 5.17. The van der Waals surface area contributed by atoms with Crippen LogP contribution in [0.1, 0.15) is 16.8 Å². The molecule has 16 heavy (non-hydrogen) atoms. The fourth-order valence-corrected chi connectivity index (χ4v) is 1.72. The van der Waals surface area contributed by atoms with Crippen LogP contribution in [0.3, 0.4) is 0 Å². The van der Waals surface area contributed by atoms with Crippen LogP contribution in [0.5, 0.6) is 5.75 Å². The maximum Gasteiger partial charge on any atom is 0.115 e. The molecular weight excluding hydrogens is 202 g/mol. The van der Waals surface area contributed by atoms with Crippen molar-refractivity contribution in [2.75, 3.05) is 0 Å². The number of aryl methyl sites for hydroxylation is 2. The lowest BCUT2D eigenvalue weighted by Gasteiger charge is -2.05. The molecule has 1 aromatic heterocycles. The minimum absolute atomic E-state index is 0.268. The molecule has 2 rings (SSSR count). The highest BCUT2D eigenvalue weighted by molar-refractivity contribution is 5.44. The lowest BCUT2D eigenvalue weighted by molar-refractivity contribution is 0.474. The van der Waals surface area contributed by atoms with Crippen LogP contribution < -0.4 is 5.73 Å². The van der Waals surface area contributed by atoms with Gasteiger partial charge in [-0.1, -0.05) is 0 Å². The summed E-state index contributed by atoms with van der Waals surface area (Å²) in [4.78, 5) is 0. The second-order valence-electron chi connectivity index (χ2n) is 3.86. The number of aromatic hydroxyl groups is 1. The van der Waals surface area contributed by atoms with Crippen molar-refractivity contribution in [2.24, 2.45) is 5.73 Å². The molecule has 2 aromatic rings. The van der Waals surface area contributed by atoms with Gasteiger partial charge < -0.3 is 10.8 Å². The molecule has 1 aromatic carbocycles. The largest absolute Gasteiger partial charge is 0.508 e. The lowest BCUT2D eigenvalue weighted by Crippen LogP contribution is -1.97. The zero-order valence-corrected chi connectivity index (χ0v) is 9.44. The highest BCUT2D eigenvalue weighted by Gasteiger charge is 2.07. The summed E-state index contributed by atoms with van der Waals surface area (Å²) in [6, 6.07) is 5.22. The third kappa shape index (κ3) is 1.79. The quantitative estimate of drug-likeness (QED) is 0.804. The molecule has 0 fully saturated rings. The minimum Gasteiger partial charge on any atom is -0.508 e. The number of hydrogen-bond donors (Lipinski definition) is 2. The van der Waals surface area contributed by atoms with Gasteiger partial charge in [0.15, 0.2) is 0 Å². The summed E-state index contributed by atoms with van der Waals surface area (Å²) in [6.45, 7) is 4.37. The molecule has 0 saturated heterocycles. The van der Waals surface area contributed by atoms with Crippen LogP contribution in [0.2, 0.25) is 0 Å². The summed E-state index contributed by atoms with van der Waals surface area (Å²) in [7, 11) is 0. The van der Waals surface area contributed by atoms with Gasteiger partial charge in [-0.3, -0.25) is 0 Å². The first-order valence-electron chi connectivity index (χ1n) is 5.17. The highest BCUT2D eigenvalue weighted by atomic mass is 16.3. The SMILES string of the molecule is Cc1cc(O)ccc1-n1cc(CN)c(C)n1. The molecule has 3 N–H and O–H groups in total. The molecular formula is C12H15N3O. The maximum atomic E-state index is 9.34. The van der Waals surface area contributed by atoms with E-state index in [-0.39, 0.29) is 5.75 Å². The van der Waals surface area contributed by atoms with Crippen molar-refractivity contribution in [2.45, 2.75) is 20.4 Å². The summed E-state index contributed by atoms with van der Waals surface area (Å²) >= 11 is 0. The Hall–Kier alpha value is -1.81. The van der Waals surface area contributed by atoms with Gasteiger partial charge in [0, 0.05) is 18.3 Å². The summed E-state index contributed by atoms with van der Waals surface area (Å²) in [5.41, 5.74) is 9.52. The average molecular weight is 217 g/mol. The highest BCUT2D eigenvalue weighted by Crippen LogP contribution is 2.20. The number of benzene rings is 1. The van der Waals surface area contributed by atoms with Crippen molar-refractivity contribution in [3.63, 3.8) is 0 Å². The Morgan fingerprint density at radius 2 is 2.12 bits per heavy atom. The number of phenols is 1. The molecule has 0 radical (unpaired) electrons. The van der Waals surface area contributed by atoms with Gasteiger partial charge in [0.2, 0.25) is 0 Å². The van der Waals surface area contributed by atoms with E-state index in [9.17, 15) is 5.11 Å². The Morgan fingerprint density at radius 3 is 2.69 bits per heavy atom. The van der Waals surface area contributed by atoms with Gasteiger partial charge in [-0.2, -0.15) is 5.10 Å². The molecule has 0 bridgehead atoms. The topological polar surface area (TPSA) is 64.1 Å². The van der Waals surface area contributed by atoms with Crippen molar-refractivity contribution in [3.8, 4) is 11.4 Å². The molecule has 84 valence electrons. The van der Waals surface area contributed by atoms with Gasteiger partial charge in [0.05, 0.1) is 11.4 Å². The Labute approximate surface area is 94.3 Å². The van der Waals surface area contributed by atoms with Crippen LogP contribution in [-0.2, 0) is 6.54 Å². The van der Waals surface area contributed by atoms with Crippen molar-refractivity contribution in [1.82, 2.24) is 9.78 Å². The molecule has 0 spiro atoms. The average Bonchev–Trinajstić information content (AvgIpc) is 2.59. The standard InChI is InChI=1S/C12H15N3O/c1-8-5-11(16)3-4-12(8)15-7-10(6-13)9(2)14-15/h3-5,7,16H,6,13H2,1-2H3. The van der Waals surface area contributed by atoms with Gasteiger partial charge in [0.1, 0.15) is 5.75 Å². The number of nitrogens with zero attached hydrogens (tertiary/aromatic N) is 2. The van der Waals surface area contributed by atoms with Crippen LogP contribution in [0.25, 0.3) is 5.69 Å². The van der Waals surface area contributed by atoms with Gasteiger partial charge in [-0.05, 0) is 37.6 Å².